The second-order valence-corrected chi connectivity index (χ2v) is 18.4. The van der Waals surface area contributed by atoms with Crippen LogP contribution in [0.25, 0.3) is 131 Å². The van der Waals surface area contributed by atoms with Crippen LogP contribution in [0.2, 0.25) is 0 Å². The maximum Gasteiger partial charge on any atom is 0.126 e. The SMILES string of the molecule is CC1(C)c2cc(-c3cc(F)cc(F)c3)ccc2-c2c1cc1c3ccc4c5c(ccc(c6cccc2c61)c53)-c1cc2c(-c3ccc(F)cc3)c3ccccc3c(-c3ccc(F)cc3)c2cc1-4. The fourth-order valence-electron chi connectivity index (χ4n) is 11.9. The topological polar surface area (TPSA) is 0 Å². The Hall–Kier alpha value is -7.82. The fraction of sp³-hybridized carbons (Fsp3) is 0.0492. The molecule has 0 N–H and O–H groups in total. The Labute approximate surface area is 371 Å². The summed E-state index contributed by atoms with van der Waals surface area (Å²) in [6, 6.07) is 54.7. The first-order valence-corrected chi connectivity index (χ1v) is 22.0. The van der Waals surface area contributed by atoms with Crippen LogP contribution in [-0.4, -0.2) is 0 Å². The maximum atomic E-state index is 14.5. The summed E-state index contributed by atoms with van der Waals surface area (Å²) in [5, 5.41) is 13.8. The molecule has 65 heavy (non-hydrogen) atoms. The summed E-state index contributed by atoms with van der Waals surface area (Å²) in [5.41, 5.74) is 14.1. The summed E-state index contributed by atoms with van der Waals surface area (Å²) in [6.45, 7) is 4.51. The van der Waals surface area contributed by atoms with Gasteiger partial charge in [0.15, 0.2) is 0 Å². The van der Waals surface area contributed by atoms with E-state index < -0.39 is 17.0 Å². The first kappa shape index (κ1) is 36.6. The highest BCUT2D eigenvalue weighted by atomic mass is 19.1. The molecular weight excluding hydrogens is 809 g/mol. The molecule has 12 aromatic carbocycles. The van der Waals surface area contributed by atoms with E-state index in [1.165, 1.54) is 102 Å². The molecule has 2 aliphatic rings. The Bertz CT molecular complexity index is 3960. The van der Waals surface area contributed by atoms with Crippen molar-refractivity contribution in [3.63, 3.8) is 0 Å². The predicted octanol–water partition coefficient (Wildman–Crippen LogP) is 17.6. The number of hydrogen-bond acceptors (Lipinski definition) is 0. The fourth-order valence-corrected chi connectivity index (χ4v) is 11.9. The third-order valence-corrected chi connectivity index (χ3v) is 14.7. The number of fused-ring (bicyclic) bond motifs is 11. The minimum atomic E-state index is -0.594. The van der Waals surface area contributed by atoms with Gasteiger partial charge in [-0.2, -0.15) is 0 Å². The molecule has 0 amide bonds. The van der Waals surface area contributed by atoms with E-state index in [-0.39, 0.29) is 11.6 Å². The normalized spacial score (nSPS) is 13.5. The summed E-state index contributed by atoms with van der Waals surface area (Å²) in [7, 11) is 0. The highest BCUT2D eigenvalue weighted by Crippen LogP contribution is 2.58. The molecule has 306 valence electrons. The monoisotopic (exact) mass is 842 g/mol. The van der Waals surface area contributed by atoms with Gasteiger partial charge in [0, 0.05) is 11.5 Å². The first-order valence-electron chi connectivity index (χ1n) is 22.0. The number of hydrogen-bond donors (Lipinski definition) is 0. The summed E-state index contributed by atoms with van der Waals surface area (Å²) < 4.78 is 57.8. The predicted molar refractivity (Wildman–Crippen MR) is 261 cm³/mol. The van der Waals surface area contributed by atoms with Crippen LogP contribution in [0.4, 0.5) is 17.6 Å². The molecule has 0 atom stereocenters. The van der Waals surface area contributed by atoms with Crippen LogP contribution < -0.4 is 0 Å². The van der Waals surface area contributed by atoms with Crippen molar-refractivity contribution < 1.29 is 17.6 Å². The van der Waals surface area contributed by atoms with Crippen LogP contribution in [0.5, 0.6) is 0 Å². The van der Waals surface area contributed by atoms with Gasteiger partial charge in [-0.25, -0.2) is 17.6 Å². The van der Waals surface area contributed by atoms with Crippen LogP contribution in [0.3, 0.4) is 0 Å². The third kappa shape index (κ3) is 4.86. The molecule has 0 radical (unpaired) electrons. The number of benzene rings is 12. The van der Waals surface area contributed by atoms with Gasteiger partial charge in [0.25, 0.3) is 0 Å². The maximum absolute atomic E-state index is 14.5. The molecule has 0 nitrogen and oxygen atoms in total. The zero-order chi connectivity index (χ0) is 43.6. The van der Waals surface area contributed by atoms with Gasteiger partial charge in [0.2, 0.25) is 0 Å². The lowest BCUT2D eigenvalue weighted by molar-refractivity contribution is 0.584. The molecule has 4 heteroatoms. The van der Waals surface area contributed by atoms with Crippen molar-refractivity contribution in [3.8, 4) is 66.8 Å². The van der Waals surface area contributed by atoms with E-state index in [4.69, 9.17) is 0 Å². The van der Waals surface area contributed by atoms with Crippen molar-refractivity contribution in [2.24, 2.45) is 0 Å². The molecule has 0 bridgehead atoms. The summed E-state index contributed by atoms with van der Waals surface area (Å²) in [5.74, 6) is -1.76. The molecule has 14 rings (SSSR count). The largest absolute Gasteiger partial charge is 0.207 e. The molecule has 0 aromatic heterocycles. The number of rotatable bonds is 3. The highest BCUT2D eigenvalue weighted by molar-refractivity contribution is 6.39. The number of halogens is 4. The standard InChI is InChI=1S/C61H34F4/c1-61(2)53-26-33(34-24-37(64)27-38(65)25-34)14-19-46(53)58-47-9-5-8-41-42-20-21-43-48-28-50-51(29-49(48)44-22-23-45(59(42)60(43)44)52(57(41)47)30-54(58)61)56(32-12-17-36(63)18-13-32)40-7-4-3-6-39(40)55(50)31-10-15-35(62)16-11-31/h3-30H,1-2H3. The molecule has 0 saturated heterocycles. The van der Waals surface area contributed by atoms with E-state index in [2.05, 4.69) is 98.8 Å². The summed E-state index contributed by atoms with van der Waals surface area (Å²) in [6.07, 6.45) is 0. The smallest absolute Gasteiger partial charge is 0.126 e. The van der Waals surface area contributed by atoms with Gasteiger partial charge in [-0.15, -0.1) is 0 Å². The van der Waals surface area contributed by atoms with Gasteiger partial charge in [0.05, 0.1) is 0 Å². The first-order chi connectivity index (χ1) is 31.6. The van der Waals surface area contributed by atoms with E-state index in [1.54, 1.807) is 0 Å². The van der Waals surface area contributed by atoms with Crippen LogP contribution in [0, 0.1) is 23.3 Å². The summed E-state index contributed by atoms with van der Waals surface area (Å²) in [4.78, 5) is 0. The van der Waals surface area contributed by atoms with E-state index in [9.17, 15) is 17.6 Å². The molecule has 0 fully saturated rings. The quantitative estimate of drug-likeness (QED) is 0.0944. The van der Waals surface area contributed by atoms with Crippen molar-refractivity contribution in [2.75, 3.05) is 0 Å². The zero-order valence-electron chi connectivity index (χ0n) is 35.2. The molecule has 0 saturated carbocycles. The minimum absolute atomic E-state index is 0.287. The van der Waals surface area contributed by atoms with Crippen molar-refractivity contribution in [1.29, 1.82) is 0 Å². The van der Waals surface area contributed by atoms with Crippen LogP contribution in [0.1, 0.15) is 25.0 Å². The lowest BCUT2D eigenvalue weighted by Crippen LogP contribution is -2.15. The van der Waals surface area contributed by atoms with Crippen molar-refractivity contribution in [3.05, 3.63) is 204 Å². The van der Waals surface area contributed by atoms with Crippen molar-refractivity contribution >= 4 is 64.6 Å². The van der Waals surface area contributed by atoms with Crippen LogP contribution >= 0.6 is 0 Å². The van der Waals surface area contributed by atoms with Crippen molar-refractivity contribution in [2.45, 2.75) is 19.3 Å². The van der Waals surface area contributed by atoms with E-state index in [0.29, 0.717) is 5.56 Å². The second kappa shape index (κ2) is 12.7. The highest BCUT2D eigenvalue weighted by Gasteiger charge is 2.38. The summed E-state index contributed by atoms with van der Waals surface area (Å²) >= 11 is 0. The van der Waals surface area contributed by atoms with Gasteiger partial charge in [-0.3, -0.25) is 0 Å². The molecule has 2 aliphatic carbocycles. The van der Waals surface area contributed by atoms with E-state index in [1.807, 2.05) is 42.5 Å². The Morgan fingerprint density at radius 2 is 0.785 bits per heavy atom. The van der Waals surface area contributed by atoms with Gasteiger partial charge < -0.3 is 0 Å². The van der Waals surface area contributed by atoms with Gasteiger partial charge in [-0.1, -0.05) is 117 Å². The lowest BCUT2D eigenvalue weighted by Gasteiger charge is -2.24. The lowest BCUT2D eigenvalue weighted by atomic mass is 9.79. The van der Waals surface area contributed by atoms with Crippen LogP contribution in [0.15, 0.2) is 170 Å². The Morgan fingerprint density at radius 3 is 1.38 bits per heavy atom. The average Bonchev–Trinajstić information content (AvgIpc) is 3.75. The average molecular weight is 843 g/mol. The third-order valence-electron chi connectivity index (χ3n) is 14.7. The Morgan fingerprint density at radius 1 is 0.277 bits per heavy atom. The molecular formula is C61H34F4. The minimum Gasteiger partial charge on any atom is -0.207 e. The van der Waals surface area contributed by atoms with Crippen LogP contribution in [-0.2, 0) is 5.41 Å². The molecule has 0 spiro atoms. The molecule has 0 heterocycles. The van der Waals surface area contributed by atoms with Crippen molar-refractivity contribution in [1.82, 2.24) is 0 Å². The zero-order valence-corrected chi connectivity index (χ0v) is 35.2. The second-order valence-electron chi connectivity index (χ2n) is 18.4. The molecule has 0 aliphatic heterocycles. The van der Waals surface area contributed by atoms with Gasteiger partial charge in [0.1, 0.15) is 23.3 Å². The van der Waals surface area contributed by atoms with Gasteiger partial charge in [-0.05, 0) is 203 Å². The molecule has 0 unspecified atom stereocenters. The van der Waals surface area contributed by atoms with E-state index in [0.717, 1.165) is 77.7 Å². The Balaban J connectivity index is 1.05. The van der Waals surface area contributed by atoms with Gasteiger partial charge >= 0.3 is 0 Å². The van der Waals surface area contributed by atoms with E-state index >= 15 is 0 Å². The Kier molecular flexibility index (Phi) is 7.14. The molecule has 12 aromatic rings.